The third-order valence-electron chi connectivity index (χ3n) is 5.61. The number of aromatic nitrogens is 1. The average Bonchev–Trinajstić information content (AvgIpc) is 3.17. The molecule has 1 aliphatic rings. The first-order valence-corrected chi connectivity index (χ1v) is 9.79. The summed E-state index contributed by atoms with van der Waals surface area (Å²) < 4.78 is 44.1. The monoisotopic (exact) mass is 418 g/mol. The SMILES string of the molecule is COc1ccc2[nH]cc(C(=O)C[NH+]3CCN(c4cccc(C(F)(F)F)c4)CC3)c2c1. The molecule has 158 valence electrons. The molecule has 30 heavy (non-hydrogen) atoms. The number of Topliss-reactive ketones (excluding diaryl/α,β-unsaturated/α-hetero) is 1. The molecule has 4 rings (SSSR count). The Morgan fingerprint density at radius 3 is 2.63 bits per heavy atom. The molecule has 0 saturated carbocycles. The number of fused-ring (bicyclic) bond motifs is 1. The quantitative estimate of drug-likeness (QED) is 0.627. The number of halogens is 3. The smallest absolute Gasteiger partial charge is 0.416 e. The molecule has 0 spiro atoms. The third-order valence-corrected chi connectivity index (χ3v) is 5.61. The van der Waals surface area contributed by atoms with E-state index in [1.54, 1.807) is 19.4 Å². The number of carbonyl (C=O) groups is 1. The molecule has 3 aromatic rings. The van der Waals surface area contributed by atoms with Gasteiger partial charge >= 0.3 is 6.18 Å². The van der Waals surface area contributed by atoms with Crippen molar-refractivity contribution in [2.45, 2.75) is 6.18 Å². The normalized spacial score (nSPS) is 15.5. The maximum absolute atomic E-state index is 13.0. The van der Waals surface area contributed by atoms with E-state index in [9.17, 15) is 18.0 Å². The van der Waals surface area contributed by atoms with Crippen LogP contribution < -0.4 is 14.5 Å². The summed E-state index contributed by atoms with van der Waals surface area (Å²) in [5.41, 5.74) is 1.44. The number of methoxy groups -OCH3 is 1. The number of carbonyl (C=O) groups excluding carboxylic acids is 1. The van der Waals surface area contributed by atoms with Gasteiger partial charge < -0.3 is 19.5 Å². The van der Waals surface area contributed by atoms with E-state index in [2.05, 4.69) is 4.98 Å². The van der Waals surface area contributed by atoms with Crippen molar-refractivity contribution in [3.63, 3.8) is 0 Å². The minimum Gasteiger partial charge on any atom is -0.497 e. The van der Waals surface area contributed by atoms with E-state index in [4.69, 9.17) is 4.74 Å². The van der Waals surface area contributed by atoms with Crippen LogP contribution in [0, 0.1) is 0 Å². The molecular formula is C22H23F3N3O2+. The molecule has 2 N–H and O–H groups in total. The van der Waals surface area contributed by atoms with Gasteiger partial charge in [0.2, 0.25) is 5.78 Å². The Hall–Kier alpha value is -3.00. The van der Waals surface area contributed by atoms with Crippen LogP contribution >= 0.6 is 0 Å². The van der Waals surface area contributed by atoms with Crippen LogP contribution in [0.15, 0.2) is 48.7 Å². The Morgan fingerprint density at radius 2 is 1.93 bits per heavy atom. The number of piperazine rings is 1. The van der Waals surface area contributed by atoms with Gasteiger partial charge in [-0.2, -0.15) is 13.2 Å². The lowest BCUT2D eigenvalue weighted by Crippen LogP contribution is -3.15. The van der Waals surface area contributed by atoms with Crippen molar-refractivity contribution in [2.24, 2.45) is 0 Å². The summed E-state index contributed by atoms with van der Waals surface area (Å²) in [5.74, 6) is 0.732. The minimum absolute atomic E-state index is 0.0389. The zero-order valence-corrected chi connectivity index (χ0v) is 16.6. The fourth-order valence-corrected chi connectivity index (χ4v) is 3.92. The van der Waals surface area contributed by atoms with Gasteiger partial charge in [-0.05, 0) is 36.4 Å². The fourth-order valence-electron chi connectivity index (χ4n) is 3.92. The Bertz CT molecular complexity index is 1050. The van der Waals surface area contributed by atoms with Gasteiger partial charge in [0, 0.05) is 28.4 Å². The van der Waals surface area contributed by atoms with E-state index in [1.165, 1.54) is 12.1 Å². The van der Waals surface area contributed by atoms with E-state index in [0.717, 1.165) is 21.9 Å². The number of hydrogen-bond donors (Lipinski definition) is 2. The summed E-state index contributed by atoms with van der Waals surface area (Å²) >= 11 is 0. The molecule has 8 heteroatoms. The molecule has 1 saturated heterocycles. The Kier molecular flexibility index (Phi) is 5.42. The molecule has 1 fully saturated rings. The van der Waals surface area contributed by atoms with Crippen LogP contribution in [0.5, 0.6) is 5.75 Å². The second-order valence-corrected chi connectivity index (χ2v) is 7.50. The maximum atomic E-state index is 13.0. The highest BCUT2D eigenvalue weighted by atomic mass is 19.4. The van der Waals surface area contributed by atoms with E-state index in [-0.39, 0.29) is 5.78 Å². The Morgan fingerprint density at radius 1 is 1.17 bits per heavy atom. The standard InChI is InChI=1S/C22H22F3N3O2/c1-30-17-5-6-20-18(12-17)19(13-26-20)21(29)14-27-7-9-28(10-8-27)16-4-2-3-15(11-16)22(23,24)25/h2-6,11-13,26H,7-10,14H2,1H3/p+1. The highest BCUT2D eigenvalue weighted by molar-refractivity contribution is 6.08. The Labute approximate surface area is 172 Å². The number of anilines is 1. The van der Waals surface area contributed by atoms with Crippen molar-refractivity contribution in [2.75, 3.05) is 44.7 Å². The van der Waals surface area contributed by atoms with Crippen molar-refractivity contribution in [1.29, 1.82) is 0 Å². The van der Waals surface area contributed by atoms with Crippen molar-refractivity contribution >= 4 is 22.4 Å². The summed E-state index contributed by atoms with van der Waals surface area (Å²) in [7, 11) is 1.59. The number of benzene rings is 2. The van der Waals surface area contributed by atoms with Crippen molar-refractivity contribution in [3.8, 4) is 5.75 Å². The summed E-state index contributed by atoms with van der Waals surface area (Å²) in [5, 5.41) is 0.835. The molecule has 5 nitrogen and oxygen atoms in total. The lowest BCUT2D eigenvalue weighted by Gasteiger charge is -2.33. The molecule has 2 aromatic carbocycles. The van der Waals surface area contributed by atoms with Crippen LogP contribution in [-0.2, 0) is 6.18 Å². The van der Waals surface area contributed by atoms with E-state index in [0.29, 0.717) is 49.7 Å². The van der Waals surface area contributed by atoms with Gasteiger partial charge in [-0.1, -0.05) is 6.07 Å². The minimum atomic E-state index is -4.35. The lowest BCUT2D eigenvalue weighted by atomic mass is 10.1. The number of nitrogens with zero attached hydrogens (tertiary/aromatic N) is 1. The number of H-pyrrole nitrogens is 1. The first-order chi connectivity index (χ1) is 14.3. The van der Waals surface area contributed by atoms with Gasteiger partial charge in [-0.15, -0.1) is 0 Å². The molecular weight excluding hydrogens is 395 g/mol. The van der Waals surface area contributed by atoms with Gasteiger partial charge in [-0.25, -0.2) is 0 Å². The van der Waals surface area contributed by atoms with E-state index in [1.807, 2.05) is 23.1 Å². The van der Waals surface area contributed by atoms with Crippen LogP contribution in [0.25, 0.3) is 10.9 Å². The summed E-state index contributed by atoms with van der Waals surface area (Å²) in [6.45, 7) is 2.93. The summed E-state index contributed by atoms with van der Waals surface area (Å²) in [4.78, 5) is 19.1. The number of ether oxygens (including phenoxy) is 1. The van der Waals surface area contributed by atoms with Gasteiger partial charge in [0.15, 0.2) is 0 Å². The van der Waals surface area contributed by atoms with Gasteiger partial charge in [0.25, 0.3) is 0 Å². The summed E-state index contributed by atoms with van der Waals surface area (Å²) in [6.07, 6.45) is -2.62. The first-order valence-electron chi connectivity index (χ1n) is 9.79. The highest BCUT2D eigenvalue weighted by Crippen LogP contribution is 2.31. The van der Waals surface area contributed by atoms with Crippen LogP contribution in [0.1, 0.15) is 15.9 Å². The fraction of sp³-hybridized carbons (Fsp3) is 0.318. The first kappa shape index (κ1) is 20.3. The van der Waals surface area contributed by atoms with Gasteiger partial charge in [0.1, 0.15) is 12.3 Å². The van der Waals surface area contributed by atoms with Gasteiger partial charge in [-0.3, -0.25) is 4.79 Å². The maximum Gasteiger partial charge on any atom is 0.416 e. The van der Waals surface area contributed by atoms with Crippen LogP contribution in [0.2, 0.25) is 0 Å². The predicted molar refractivity (Wildman–Crippen MR) is 108 cm³/mol. The zero-order chi connectivity index (χ0) is 21.3. The molecule has 1 aliphatic heterocycles. The number of aromatic amines is 1. The molecule has 1 aromatic heterocycles. The number of ketones is 1. The predicted octanol–water partition coefficient (Wildman–Crippen LogP) is 2.78. The molecule has 2 heterocycles. The largest absolute Gasteiger partial charge is 0.497 e. The van der Waals surface area contributed by atoms with E-state index >= 15 is 0 Å². The van der Waals surface area contributed by atoms with Gasteiger partial charge in [0.05, 0.1) is 38.9 Å². The topological polar surface area (TPSA) is 49.8 Å². The van der Waals surface area contributed by atoms with Crippen LogP contribution in [-0.4, -0.2) is 50.6 Å². The zero-order valence-electron chi connectivity index (χ0n) is 16.6. The second kappa shape index (κ2) is 8.02. The Balaban J connectivity index is 1.40. The molecule has 0 aliphatic carbocycles. The summed E-state index contributed by atoms with van der Waals surface area (Å²) in [6, 6.07) is 11.0. The van der Waals surface area contributed by atoms with Crippen molar-refractivity contribution in [3.05, 3.63) is 59.8 Å². The molecule has 0 atom stereocenters. The number of quaternary nitrogens is 1. The highest BCUT2D eigenvalue weighted by Gasteiger charge is 2.31. The van der Waals surface area contributed by atoms with Crippen molar-refractivity contribution in [1.82, 2.24) is 4.98 Å². The van der Waals surface area contributed by atoms with Crippen molar-refractivity contribution < 1.29 is 27.6 Å². The number of nitrogens with one attached hydrogen (secondary N) is 2. The second-order valence-electron chi connectivity index (χ2n) is 7.50. The number of hydrogen-bond acceptors (Lipinski definition) is 3. The number of alkyl halides is 3. The average molecular weight is 418 g/mol. The van der Waals surface area contributed by atoms with Crippen LogP contribution in [0.4, 0.5) is 18.9 Å². The molecule has 0 unspecified atom stereocenters. The molecule has 0 bridgehead atoms. The molecule has 0 amide bonds. The molecule has 0 radical (unpaired) electrons. The van der Waals surface area contributed by atoms with E-state index < -0.39 is 11.7 Å². The van der Waals surface area contributed by atoms with Crippen LogP contribution in [0.3, 0.4) is 0 Å². The number of rotatable bonds is 5. The lowest BCUT2D eigenvalue weighted by molar-refractivity contribution is -0.892. The third kappa shape index (κ3) is 4.14.